The Bertz CT molecular complexity index is 618. The van der Waals surface area contributed by atoms with Gasteiger partial charge in [-0.25, -0.2) is 4.39 Å². The first-order chi connectivity index (χ1) is 8.97. The van der Waals surface area contributed by atoms with Gasteiger partial charge < -0.3 is 10.4 Å². The molecular formula is C15H14FNO2. The molecule has 0 aromatic heterocycles. The molecule has 0 saturated carbocycles. The van der Waals surface area contributed by atoms with Gasteiger partial charge in [0.25, 0.3) is 5.91 Å². The summed E-state index contributed by atoms with van der Waals surface area (Å²) >= 11 is 0. The quantitative estimate of drug-likeness (QED) is 0.868. The molecule has 2 N–H and O–H groups in total. The number of nitrogens with one attached hydrogen (secondary N) is 1. The first kappa shape index (κ1) is 13.1. The summed E-state index contributed by atoms with van der Waals surface area (Å²) in [5.74, 6) is -0.748. The van der Waals surface area contributed by atoms with Gasteiger partial charge in [-0.2, -0.15) is 0 Å². The third kappa shape index (κ3) is 2.91. The lowest BCUT2D eigenvalue weighted by Gasteiger charge is -2.10. The number of hydrogen-bond donors (Lipinski definition) is 2. The Morgan fingerprint density at radius 2 is 1.95 bits per heavy atom. The molecule has 0 unspecified atom stereocenters. The maximum atomic E-state index is 13.3. The van der Waals surface area contributed by atoms with E-state index in [1.54, 1.807) is 32.0 Å². The van der Waals surface area contributed by atoms with E-state index in [9.17, 15) is 14.3 Å². The number of halogens is 1. The van der Waals surface area contributed by atoms with Gasteiger partial charge in [-0.15, -0.1) is 0 Å². The summed E-state index contributed by atoms with van der Waals surface area (Å²) in [6.45, 7) is 3.42. The predicted octanol–water partition coefficient (Wildman–Crippen LogP) is 3.40. The minimum atomic E-state index is -0.446. The fourth-order valence-electron chi connectivity index (χ4n) is 1.82. The Balaban J connectivity index is 2.28. The molecular weight excluding hydrogens is 245 g/mol. The van der Waals surface area contributed by atoms with Crippen LogP contribution in [0.1, 0.15) is 21.5 Å². The molecule has 4 heteroatoms. The molecule has 1 amide bonds. The Morgan fingerprint density at radius 3 is 2.63 bits per heavy atom. The van der Waals surface area contributed by atoms with Crippen LogP contribution in [0.2, 0.25) is 0 Å². The minimum absolute atomic E-state index is 0.105. The van der Waals surface area contributed by atoms with Crippen LogP contribution in [0, 0.1) is 19.7 Å². The number of amides is 1. The molecule has 0 atom stereocenters. The van der Waals surface area contributed by atoms with Crippen molar-refractivity contribution in [3.05, 3.63) is 58.9 Å². The Kier molecular flexibility index (Phi) is 3.51. The number of carbonyl (C=O) groups excluding carboxylic acids is 1. The molecule has 0 spiro atoms. The number of rotatable bonds is 2. The Labute approximate surface area is 110 Å². The maximum Gasteiger partial charge on any atom is 0.255 e. The largest absolute Gasteiger partial charge is 0.508 e. The van der Waals surface area contributed by atoms with Crippen LogP contribution < -0.4 is 5.32 Å². The number of aryl methyl sites for hydroxylation is 1. The van der Waals surface area contributed by atoms with Gasteiger partial charge in [0.1, 0.15) is 11.6 Å². The molecule has 0 saturated heterocycles. The van der Waals surface area contributed by atoms with E-state index in [0.29, 0.717) is 16.8 Å². The second-order valence-corrected chi connectivity index (χ2v) is 4.42. The number of phenols is 1. The van der Waals surface area contributed by atoms with Gasteiger partial charge in [0.05, 0.1) is 0 Å². The Hall–Kier alpha value is -2.36. The first-order valence-corrected chi connectivity index (χ1v) is 5.84. The maximum absolute atomic E-state index is 13.3. The summed E-state index contributed by atoms with van der Waals surface area (Å²) in [6, 6.07) is 9.00. The normalized spacial score (nSPS) is 10.3. The van der Waals surface area contributed by atoms with Gasteiger partial charge >= 0.3 is 0 Å². The third-order valence-corrected chi connectivity index (χ3v) is 2.86. The summed E-state index contributed by atoms with van der Waals surface area (Å²) in [4.78, 5) is 12.0. The lowest BCUT2D eigenvalue weighted by molar-refractivity contribution is 0.102. The number of carbonyl (C=O) groups is 1. The van der Waals surface area contributed by atoms with E-state index in [4.69, 9.17) is 0 Å². The van der Waals surface area contributed by atoms with E-state index in [0.717, 1.165) is 0 Å². The van der Waals surface area contributed by atoms with E-state index < -0.39 is 11.7 Å². The number of benzene rings is 2. The molecule has 19 heavy (non-hydrogen) atoms. The highest BCUT2D eigenvalue weighted by Crippen LogP contribution is 2.24. The lowest BCUT2D eigenvalue weighted by Crippen LogP contribution is -2.13. The van der Waals surface area contributed by atoms with Crippen LogP contribution in [0.15, 0.2) is 36.4 Å². The molecule has 2 aromatic rings. The number of aromatic hydroxyl groups is 1. The van der Waals surface area contributed by atoms with E-state index in [1.807, 2.05) is 0 Å². The second-order valence-electron chi connectivity index (χ2n) is 4.42. The molecule has 0 heterocycles. The highest BCUT2D eigenvalue weighted by atomic mass is 19.1. The van der Waals surface area contributed by atoms with Crippen LogP contribution in [0.25, 0.3) is 0 Å². The van der Waals surface area contributed by atoms with E-state index in [1.165, 1.54) is 18.2 Å². The Morgan fingerprint density at radius 1 is 1.21 bits per heavy atom. The number of hydrogen-bond acceptors (Lipinski definition) is 2. The van der Waals surface area contributed by atoms with Crippen LogP contribution in [-0.4, -0.2) is 11.0 Å². The summed E-state index contributed by atoms with van der Waals surface area (Å²) in [5.41, 5.74) is 2.01. The van der Waals surface area contributed by atoms with Gasteiger partial charge in [-0.3, -0.25) is 4.79 Å². The van der Waals surface area contributed by atoms with E-state index >= 15 is 0 Å². The number of phenolic OH excluding ortho intramolecular Hbond substituents is 1. The van der Waals surface area contributed by atoms with Gasteiger partial charge in [0.15, 0.2) is 0 Å². The highest BCUT2D eigenvalue weighted by molar-refractivity contribution is 6.04. The highest BCUT2D eigenvalue weighted by Gasteiger charge is 2.10. The smallest absolute Gasteiger partial charge is 0.255 e. The van der Waals surface area contributed by atoms with Crippen molar-refractivity contribution in [3.63, 3.8) is 0 Å². The zero-order valence-electron chi connectivity index (χ0n) is 10.7. The van der Waals surface area contributed by atoms with Crippen molar-refractivity contribution in [2.75, 3.05) is 5.32 Å². The number of anilines is 1. The molecule has 2 aromatic carbocycles. The SMILES string of the molecule is Cc1cc(F)cc(C(=O)Nc2cccc(O)c2C)c1. The molecule has 98 valence electrons. The summed E-state index contributed by atoms with van der Waals surface area (Å²) in [7, 11) is 0. The topological polar surface area (TPSA) is 49.3 Å². The average molecular weight is 259 g/mol. The predicted molar refractivity (Wildman–Crippen MR) is 71.9 cm³/mol. The molecule has 0 bridgehead atoms. The van der Waals surface area contributed by atoms with Crippen LogP contribution >= 0.6 is 0 Å². The van der Waals surface area contributed by atoms with Crippen LogP contribution in [-0.2, 0) is 0 Å². The zero-order valence-corrected chi connectivity index (χ0v) is 10.7. The van der Waals surface area contributed by atoms with Gasteiger partial charge in [-0.1, -0.05) is 6.07 Å². The summed E-state index contributed by atoms with van der Waals surface area (Å²) < 4.78 is 13.3. The third-order valence-electron chi connectivity index (χ3n) is 2.86. The van der Waals surface area contributed by atoms with Crippen molar-refractivity contribution in [1.82, 2.24) is 0 Å². The molecule has 0 aliphatic carbocycles. The van der Waals surface area contributed by atoms with Crippen molar-refractivity contribution in [2.24, 2.45) is 0 Å². The van der Waals surface area contributed by atoms with Gasteiger partial charge in [-0.05, 0) is 49.7 Å². The molecule has 3 nitrogen and oxygen atoms in total. The van der Waals surface area contributed by atoms with Crippen molar-refractivity contribution in [3.8, 4) is 5.75 Å². The van der Waals surface area contributed by atoms with Crippen molar-refractivity contribution in [1.29, 1.82) is 0 Å². The minimum Gasteiger partial charge on any atom is -0.508 e. The van der Waals surface area contributed by atoms with Gasteiger partial charge in [0, 0.05) is 16.8 Å². The molecule has 0 aliphatic heterocycles. The summed E-state index contributed by atoms with van der Waals surface area (Å²) in [5, 5.41) is 12.2. The fourth-order valence-corrected chi connectivity index (χ4v) is 1.82. The van der Waals surface area contributed by atoms with Crippen LogP contribution in [0.4, 0.5) is 10.1 Å². The van der Waals surface area contributed by atoms with E-state index in [2.05, 4.69) is 5.32 Å². The van der Waals surface area contributed by atoms with Crippen molar-refractivity contribution >= 4 is 11.6 Å². The van der Waals surface area contributed by atoms with Crippen molar-refractivity contribution < 1.29 is 14.3 Å². The van der Waals surface area contributed by atoms with Crippen molar-refractivity contribution in [2.45, 2.75) is 13.8 Å². The van der Waals surface area contributed by atoms with E-state index in [-0.39, 0.29) is 11.3 Å². The van der Waals surface area contributed by atoms with Crippen LogP contribution in [0.3, 0.4) is 0 Å². The van der Waals surface area contributed by atoms with Crippen LogP contribution in [0.5, 0.6) is 5.75 Å². The average Bonchev–Trinajstić information content (AvgIpc) is 2.33. The standard InChI is InChI=1S/C15H14FNO2/c1-9-6-11(8-12(16)7-9)15(19)17-13-4-3-5-14(18)10(13)2/h3-8,18H,1-2H3,(H,17,19). The monoisotopic (exact) mass is 259 g/mol. The summed E-state index contributed by atoms with van der Waals surface area (Å²) in [6.07, 6.45) is 0. The molecule has 0 fully saturated rings. The molecule has 0 aliphatic rings. The second kappa shape index (κ2) is 5.10. The fraction of sp³-hybridized carbons (Fsp3) is 0.133. The lowest BCUT2D eigenvalue weighted by atomic mass is 10.1. The first-order valence-electron chi connectivity index (χ1n) is 5.84. The molecule has 2 rings (SSSR count). The zero-order chi connectivity index (χ0) is 14.0. The van der Waals surface area contributed by atoms with Gasteiger partial charge in [0.2, 0.25) is 0 Å². The molecule has 0 radical (unpaired) electrons.